The molecule has 1 N–H and O–H groups in total. The van der Waals surface area contributed by atoms with Gasteiger partial charge in [0, 0.05) is 30.1 Å². The van der Waals surface area contributed by atoms with Gasteiger partial charge < -0.3 is 10.1 Å². The molecule has 0 bridgehead atoms. The van der Waals surface area contributed by atoms with Gasteiger partial charge in [-0.2, -0.15) is 0 Å². The van der Waals surface area contributed by atoms with E-state index < -0.39 is 0 Å². The Morgan fingerprint density at radius 2 is 2.20 bits per heavy atom. The highest BCUT2D eigenvalue weighted by molar-refractivity contribution is 9.10. The van der Waals surface area contributed by atoms with Crippen LogP contribution in [0.5, 0.6) is 0 Å². The first-order valence-electron chi connectivity index (χ1n) is 7.02. The first kappa shape index (κ1) is 15.5. The van der Waals surface area contributed by atoms with Gasteiger partial charge in [-0.05, 0) is 31.5 Å². The maximum absolute atomic E-state index is 12.1. The molecule has 110 valence electrons. The zero-order valence-electron chi connectivity index (χ0n) is 11.9. The third-order valence-electron chi connectivity index (χ3n) is 3.69. The number of esters is 1. The Hall–Kier alpha value is -0.910. The Morgan fingerprint density at radius 3 is 2.85 bits per heavy atom. The van der Waals surface area contributed by atoms with Crippen molar-refractivity contribution in [3.63, 3.8) is 0 Å². The van der Waals surface area contributed by atoms with Gasteiger partial charge in [0.15, 0.2) is 0 Å². The predicted molar refractivity (Wildman–Crippen MR) is 82.6 cm³/mol. The highest BCUT2D eigenvalue weighted by Gasteiger charge is 2.33. The molecule has 2 atom stereocenters. The van der Waals surface area contributed by atoms with Crippen LogP contribution in [-0.2, 0) is 9.53 Å². The molecule has 2 rings (SSSR count). The highest BCUT2D eigenvalue weighted by atomic mass is 79.9. The Morgan fingerprint density at radius 1 is 1.50 bits per heavy atom. The fourth-order valence-electron chi connectivity index (χ4n) is 2.57. The van der Waals surface area contributed by atoms with E-state index in [1.807, 2.05) is 19.1 Å². The van der Waals surface area contributed by atoms with Crippen LogP contribution < -0.4 is 5.32 Å². The van der Waals surface area contributed by atoms with Gasteiger partial charge in [0.1, 0.15) is 6.04 Å². The lowest BCUT2D eigenvalue weighted by Gasteiger charge is -2.38. The quantitative estimate of drug-likeness (QED) is 0.854. The van der Waals surface area contributed by atoms with E-state index in [-0.39, 0.29) is 18.1 Å². The summed E-state index contributed by atoms with van der Waals surface area (Å²) in [6, 6.07) is 8.25. The number of carbonyl (C=O) groups is 1. The zero-order valence-corrected chi connectivity index (χ0v) is 13.5. The van der Waals surface area contributed by atoms with E-state index in [0.717, 1.165) is 17.6 Å². The summed E-state index contributed by atoms with van der Waals surface area (Å²) in [6.07, 6.45) is 0. The normalized spacial score (nSPS) is 21.4. The number of hydrogen-bond acceptors (Lipinski definition) is 4. The Balaban J connectivity index is 2.14. The van der Waals surface area contributed by atoms with Crippen LogP contribution in [0, 0.1) is 0 Å². The topological polar surface area (TPSA) is 41.6 Å². The first-order chi connectivity index (χ1) is 9.63. The van der Waals surface area contributed by atoms with E-state index in [4.69, 9.17) is 4.74 Å². The summed E-state index contributed by atoms with van der Waals surface area (Å²) in [4.78, 5) is 14.3. The van der Waals surface area contributed by atoms with Crippen LogP contribution in [0.4, 0.5) is 0 Å². The van der Waals surface area contributed by atoms with Gasteiger partial charge in [-0.3, -0.25) is 9.69 Å². The van der Waals surface area contributed by atoms with Crippen molar-refractivity contribution < 1.29 is 9.53 Å². The van der Waals surface area contributed by atoms with Gasteiger partial charge in [0.05, 0.1) is 6.61 Å². The molecule has 5 heteroatoms. The molecule has 0 spiro atoms. The monoisotopic (exact) mass is 340 g/mol. The number of ether oxygens (including phenoxy) is 1. The molecule has 1 aliphatic heterocycles. The van der Waals surface area contributed by atoms with Crippen molar-refractivity contribution in [3.8, 4) is 0 Å². The van der Waals surface area contributed by atoms with Gasteiger partial charge in [0.2, 0.25) is 0 Å². The molecule has 0 aliphatic carbocycles. The minimum atomic E-state index is -0.206. The largest absolute Gasteiger partial charge is 0.465 e. The standard InChI is InChI=1S/C15H21BrN2O2/c1-3-20-15(19)14-10-17-8-9-18(14)11(2)12-4-6-13(16)7-5-12/h4-7,11,14,17H,3,8-10H2,1-2H3. The first-order valence-corrected chi connectivity index (χ1v) is 7.81. The van der Waals surface area contributed by atoms with E-state index in [1.54, 1.807) is 0 Å². The maximum Gasteiger partial charge on any atom is 0.324 e. The average molecular weight is 341 g/mol. The minimum absolute atomic E-state index is 0.135. The number of hydrogen-bond donors (Lipinski definition) is 1. The van der Waals surface area contributed by atoms with Gasteiger partial charge in [-0.1, -0.05) is 28.1 Å². The van der Waals surface area contributed by atoms with Crippen LogP contribution in [0.25, 0.3) is 0 Å². The van der Waals surface area contributed by atoms with Crippen molar-refractivity contribution in [2.24, 2.45) is 0 Å². The molecule has 4 nitrogen and oxygen atoms in total. The molecular formula is C15H21BrN2O2. The molecule has 0 saturated carbocycles. The number of benzene rings is 1. The molecule has 0 aromatic heterocycles. The molecule has 0 amide bonds. The van der Waals surface area contributed by atoms with Crippen LogP contribution in [0.3, 0.4) is 0 Å². The van der Waals surface area contributed by atoms with Crippen LogP contribution in [0.15, 0.2) is 28.7 Å². The summed E-state index contributed by atoms with van der Waals surface area (Å²) in [5.74, 6) is -0.135. The summed E-state index contributed by atoms with van der Waals surface area (Å²) >= 11 is 3.45. The lowest BCUT2D eigenvalue weighted by molar-refractivity contribution is -0.151. The number of rotatable bonds is 4. The van der Waals surface area contributed by atoms with E-state index in [2.05, 4.69) is 45.2 Å². The molecule has 1 saturated heterocycles. The van der Waals surface area contributed by atoms with Gasteiger partial charge >= 0.3 is 5.97 Å². The van der Waals surface area contributed by atoms with Gasteiger partial charge in [0.25, 0.3) is 0 Å². The molecular weight excluding hydrogens is 320 g/mol. The second-order valence-electron chi connectivity index (χ2n) is 4.94. The molecule has 1 aromatic carbocycles. The Bertz CT molecular complexity index is 450. The number of nitrogens with one attached hydrogen (secondary N) is 1. The van der Waals surface area contributed by atoms with Gasteiger partial charge in [-0.15, -0.1) is 0 Å². The van der Waals surface area contributed by atoms with Crippen molar-refractivity contribution in [2.45, 2.75) is 25.9 Å². The van der Waals surface area contributed by atoms with Crippen molar-refractivity contribution in [2.75, 3.05) is 26.2 Å². The summed E-state index contributed by atoms with van der Waals surface area (Å²) in [5.41, 5.74) is 1.21. The molecule has 1 fully saturated rings. The second-order valence-corrected chi connectivity index (χ2v) is 5.85. The average Bonchev–Trinajstić information content (AvgIpc) is 2.47. The fraction of sp³-hybridized carbons (Fsp3) is 0.533. The number of carbonyl (C=O) groups excluding carboxylic acids is 1. The third kappa shape index (κ3) is 3.59. The van der Waals surface area contributed by atoms with Crippen molar-refractivity contribution in [1.29, 1.82) is 0 Å². The number of halogens is 1. The second kappa shape index (κ2) is 7.20. The SMILES string of the molecule is CCOC(=O)C1CNCCN1C(C)c1ccc(Br)cc1. The lowest BCUT2D eigenvalue weighted by atomic mass is 10.0. The number of piperazine rings is 1. The zero-order chi connectivity index (χ0) is 14.5. The summed E-state index contributed by atoms with van der Waals surface area (Å²) < 4.78 is 6.25. The lowest BCUT2D eigenvalue weighted by Crippen LogP contribution is -2.55. The van der Waals surface area contributed by atoms with Crippen LogP contribution in [0.2, 0.25) is 0 Å². The van der Waals surface area contributed by atoms with Crippen molar-refractivity contribution >= 4 is 21.9 Å². The fourth-order valence-corrected chi connectivity index (χ4v) is 2.84. The Labute approximate surface area is 128 Å². The predicted octanol–water partition coefficient (Wildman–Crippen LogP) is 2.35. The maximum atomic E-state index is 12.1. The highest BCUT2D eigenvalue weighted by Crippen LogP contribution is 2.25. The minimum Gasteiger partial charge on any atom is -0.465 e. The molecule has 20 heavy (non-hydrogen) atoms. The molecule has 2 unspecified atom stereocenters. The van der Waals surface area contributed by atoms with Crippen molar-refractivity contribution in [3.05, 3.63) is 34.3 Å². The smallest absolute Gasteiger partial charge is 0.324 e. The van der Waals surface area contributed by atoms with Crippen LogP contribution >= 0.6 is 15.9 Å². The van der Waals surface area contributed by atoms with E-state index in [9.17, 15) is 4.79 Å². The third-order valence-corrected chi connectivity index (χ3v) is 4.22. The van der Waals surface area contributed by atoms with Crippen LogP contribution in [-0.4, -0.2) is 43.2 Å². The molecule has 1 aliphatic rings. The summed E-state index contributed by atoms with van der Waals surface area (Å²) in [5, 5.41) is 3.27. The van der Waals surface area contributed by atoms with Crippen LogP contribution in [0.1, 0.15) is 25.5 Å². The van der Waals surface area contributed by atoms with Crippen molar-refractivity contribution in [1.82, 2.24) is 10.2 Å². The van der Waals surface area contributed by atoms with E-state index in [1.165, 1.54) is 5.56 Å². The number of nitrogens with zero attached hydrogens (tertiary/aromatic N) is 1. The molecule has 0 radical (unpaired) electrons. The van der Waals surface area contributed by atoms with E-state index in [0.29, 0.717) is 13.2 Å². The van der Waals surface area contributed by atoms with Gasteiger partial charge in [-0.25, -0.2) is 0 Å². The summed E-state index contributed by atoms with van der Waals surface area (Å²) in [6.45, 7) is 6.81. The Kier molecular flexibility index (Phi) is 5.57. The molecule has 1 aromatic rings. The molecule has 1 heterocycles. The van der Waals surface area contributed by atoms with E-state index >= 15 is 0 Å². The summed E-state index contributed by atoms with van der Waals surface area (Å²) in [7, 11) is 0.